The second-order valence-corrected chi connectivity index (χ2v) is 10.5. The topological polar surface area (TPSA) is 53.1 Å². The summed E-state index contributed by atoms with van der Waals surface area (Å²) in [5.41, 5.74) is 5.12. The number of nitrogens with one attached hydrogen (secondary N) is 2. The lowest BCUT2D eigenvalue weighted by Crippen LogP contribution is -2.36. The molecule has 1 saturated heterocycles. The predicted molar refractivity (Wildman–Crippen MR) is 135 cm³/mol. The summed E-state index contributed by atoms with van der Waals surface area (Å²) in [5, 5.41) is 3.59. The molecule has 0 saturated carbocycles. The van der Waals surface area contributed by atoms with Crippen molar-refractivity contribution in [3.63, 3.8) is 0 Å². The Morgan fingerprint density at radius 1 is 1.10 bits per heavy atom. The molecule has 2 aromatic carbocycles. The summed E-state index contributed by atoms with van der Waals surface area (Å²) in [7, 11) is 0. The zero-order valence-corrected chi connectivity index (χ0v) is 19.7. The normalized spacial score (nSPS) is 15.6. The third-order valence-electron chi connectivity index (χ3n) is 6.14. The number of aromatic nitrogens is 2. The molecular weight excluding hydrogens is 404 g/mol. The lowest BCUT2D eigenvalue weighted by atomic mass is 10.1. The zero-order valence-electron chi connectivity index (χ0n) is 18.9. The Labute approximate surface area is 189 Å². The molecule has 2 N–H and O–H groups in total. The predicted octanol–water partition coefficient (Wildman–Crippen LogP) is 6.33. The molecule has 6 heteroatoms. The minimum Gasteiger partial charge on any atom is -0.355 e. The van der Waals surface area contributed by atoms with Gasteiger partial charge in [-0.25, -0.2) is 4.79 Å². The molecule has 0 unspecified atom stereocenters. The first-order chi connectivity index (χ1) is 15.0. The van der Waals surface area contributed by atoms with E-state index < -0.39 is 0 Å². The van der Waals surface area contributed by atoms with Gasteiger partial charge in [0.25, 0.3) is 0 Å². The van der Waals surface area contributed by atoms with E-state index in [1.807, 2.05) is 34.5 Å². The fourth-order valence-corrected chi connectivity index (χ4v) is 5.55. The Bertz CT molecular complexity index is 1070. The fraction of sp³-hybridized carbons (Fsp3) is 0.480. The number of para-hydroxylation sites is 1. The van der Waals surface area contributed by atoms with Crippen LogP contribution in [0.4, 0.5) is 17.1 Å². The minimum absolute atomic E-state index is 0.0108. The second-order valence-electron chi connectivity index (χ2n) is 8.82. The van der Waals surface area contributed by atoms with Gasteiger partial charge in [-0.2, -0.15) is 0 Å². The van der Waals surface area contributed by atoms with Gasteiger partial charge in [-0.3, -0.25) is 4.57 Å². The summed E-state index contributed by atoms with van der Waals surface area (Å²) in [6, 6.07) is 14.5. The number of hydrogen-bond donors (Lipinski definition) is 2. The van der Waals surface area contributed by atoms with Crippen LogP contribution in [0.3, 0.4) is 0 Å². The van der Waals surface area contributed by atoms with E-state index in [1.54, 1.807) is 0 Å². The van der Waals surface area contributed by atoms with Crippen molar-refractivity contribution in [3.05, 3.63) is 52.9 Å². The van der Waals surface area contributed by atoms with Crippen molar-refractivity contribution >= 4 is 39.9 Å². The summed E-state index contributed by atoms with van der Waals surface area (Å²) in [4.78, 5) is 18.3. The number of unbranched alkanes of at least 4 members (excludes halogenated alkanes) is 4. The van der Waals surface area contributed by atoms with Crippen LogP contribution >= 0.6 is 11.8 Å². The van der Waals surface area contributed by atoms with Gasteiger partial charge < -0.3 is 15.2 Å². The zero-order chi connectivity index (χ0) is 21.8. The van der Waals surface area contributed by atoms with E-state index in [4.69, 9.17) is 0 Å². The van der Waals surface area contributed by atoms with Crippen molar-refractivity contribution in [1.82, 2.24) is 9.55 Å². The lowest BCUT2D eigenvalue weighted by molar-refractivity contribution is 0.567. The van der Waals surface area contributed by atoms with Crippen LogP contribution in [0.5, 0.6) is 0 Å². The summed E-state index contributed by atoms with van der Waals surface area (Å²) in [5.74, 6) is 1.10. The smallest absolute Gasteiger partial charge is 0.326 e. The molecule has 5 nitrogen and oxygen atoms in total. The highest BCUT2D eigenvalue weighted by Crippen LogP contribution is 2.43. The van der Waals surface area contributed by atoms with Gasteiger partial charge >= 0.3 is 5.69 Å². The van der Waals surface area contributed by atoms with Gasteiger partial charge in [0.15, 0.2) is 0 Å². The highest BCUT2D eigenvalue weighted by molar-refractivity contribution is 8.01. The molecule has 0 amide bonds. The molecule has 31 heavy (non-hydrogen) atoms. The third kappa shape index (κ3) is 4.79. The summed E-state index contributed by atoms with van der Waals surface area (Å²) in [6.45, 7) is 8.55. The quantitative estimate of drug-likeness (QED) is 0.383. The van der Waals surface area contributed by atoms with Gasteiger partial charge in [0.2, 0.25) is 0 Å². The molecule has 0 radical (unpaired) electrons. The van der Waals surface area contributed by atoms with E-state index in [0.29, 0.717) is 0 Å². The van der Waals surface area contributed by atoms with Crippen LogP contribution in [0.1, 0.15) is 52.9 Å². The van der Waals surface area contributed by atoms with Gasteiger partial charge in [-0.1, -0.05) is 50.8 Å². The summed E-state index contributed by atoms with van der Waals surface area (Å²) >= 11 is 1.98. The molecule has 0 aliphatic carbocycles. The SMILES string of the molecule is CCCCCCCn1c(=O)[nH]c2cc(Nc3ccccc3)c(N3CCSC3(C)C)cc21. The largest absolute Gasteiger partial charge is 0.355 e. The maximum Gasteiger partial charge on any atom is 0.326 e. The minimum atomic E-state index is -0.0108. The first-order valence-electron chi connectivity index (χ1n) is 11.5. The molecule has 0 bridgehead atoms. The van der Waals surface area contributed by atoms with Gasteiger partial charge in [0.1, 0.15) is 0 Å². The average Bonchev–Trinajstić information content (AvgIpc) is 3.25. The Morgan fingerprint density at radius 3 is 2.58 bits per heavy atom. The van der Waals surface area contributed by atoms with Crippen LogP contribution < -0.4 is 15.9 Å². The third-order valence-corrected chi connectivity index (χ3v) is 7.45. The number of aromatic amines is 1. The van der Waals surface area contributed by atoms with E-state index in [9.17, 15) is 4.79 Å². The number of hydrogen-bond acceptors (Lipinski definition) is 4. The van der Waals surface area contributed by atoms with Gasteiger partial charge in [0, 0.05) is 24.5 Å². The molecule has 1 fully saturated rings. The van der Waals surface area contributed by atoms with Crippen LogP contribution in [-0.4, -0.2) is 26.7 Å². The fourth-order valence-electron chi connectivity index (χ4n) is 4.43. The number of H-pyrrole nitrogens is 1. The molecular formula is C25H34N4OS. The first-order valence-corrected chi connectivity index (χ1v) is 12.5. The average molecular weight is 439 g/mol. The number of anilines is 3. The van der Waals surface area contributed by atoms with Crippen LogP contribution in [0, 0.1) is 0 Å². The Kier molecular flexibility index (Phi) is 6.65. The first kappa shape index (κ1) is 21.9. The van der Waals surface area contributed by atoms with Crippen molar-refractivity contribution in [1.29, 1.82) is 0 Å². The van der Waals surface area contributed by atoms with Crippen molar-refractivity contribution in [2.75, 3.05) is 22.5 Å². The molecule has 2 heterocycles. The van der Waals surface area contributed by atoms with Crippen molar-refractivity contribution in [2.24, 2.45) is 0 Å². The van der Waals surface area contributed by atoms with Gasteiger partial charge in [-0.15, -0.1) is 11.8 Å². The summed E-state index contributed by atoms with van der Waals surface area (Å²) in [6.07, 6.45) is 5.95. The van der Waals surface area contributed by atoms with E-state index in [2.05, 4.69) is 60.2 Å². The highest BCUT2D eigenvalue weighted by Gasteiger charge is 2.34. The molecule has 166 valence electrons. The lowest BCUT2D eigenvalue weighted by Gasteiger charge is -2.34. The molecule has 1 aliphatic rings. The number of fused-ring (bicyclic) bond motifs is 1. The Morgan fingerprint density at radius 2 is 1.87 bits per heavy atom. The van der Waals surface area contributed by atoms with Crippen LogP contribution in [0.15, 0.2) is 47.3 Å². The van der Waals surface area contributed by atoms with Crippen LogP contribution in [0.2, 0.25) is 0 Å². The highest BCUT2D eigenvalue weighted by atomic mass is 32.2. The Balaban J connectivity index is 1.72. The number of benzene rings is 2. The van der Waals surface area contributed by atoms with Crippen molar-refractivity contribution < 1.29 is 0 Å². The molecule has 0 atom stereocenters. The number of aryl methyl sites for hydroxylation is 1. The number of nitrogens with zero attached hydrogens (tertiary/aromatic N) is 2. The van der Waals surface area contributed by atoms with E-state index in [-0.39, 0.29) is 10.6 Å². The molecule has 3 aromatic rings. The summed E-state index contributed by atoms with van der Waals surface area (Å²) < 4.78 is 1.92. The standard InChI is InChI=1S/C25H34N4OS/c1-4-5-6-7-11-14-28-22-18-23(29-15-16-31-25(29,2)3)21(17-20(22)27-24(28)30)26-19-12-9-8-10-13-19/h8-10,12-13,17-18,26H,4-7,11,14-16H2,1-3H3,(H,27,30). The maximum absolute atomic E-state index is 12.8. The maximum atomic E-state index is 12.8. The number of rotatable bonds is 9. The molecule has 1 aliphatic heterocycles. The van der Waals surface area contributed by atoms with Crippen LogP contribution in [0.25, 0.3) is 11.0 Å². The van der Waals surface area contributed by atoms with Crippen molar-refractivity contribution in [2.45, 2.75) is 64.3 Å². The molecule has 4 rings (SSSR count). The van der Waals surface area contributed by atoms with Crippen molar-refractivity contribution in [3.8, 4) is 0 Å². The number of imidazole rings is 1. The monoisotopic (exact) mass is 438 g/mol. The van der Waals surface area contributed by atoms with Crippen LogP contribution in [-0.2, 0) is 6.54 Å². The van der Waals surface area contributed by atoms with E-state index in [0.717, 1.165) is 53.4 Å². The number of thioether (sulfide) groups is 1. The van der Waals surface area contributed by atoms with E-state index in [1.165, 1.54) is 25.7 Å². The van der Waals surface area contributed by atoms with E-state index >= 15 is 0 Å². The molecule has 1 aromatic heterocycles. The second kappa shape index (κ2) is 9.43. The van der Waals surface area contributed by atoms with Gasteiger partial charge in [0.05, 0.1) is 27.3 Å². The Hall–Kier alpha value is -2.34. The molecule has 0 spiro atoms. The van der Waals surface area contributed by atoms with Gasteiger partial charge in [-0.05, 0) is 44.5 Å².